The Morgan fingerprint density at radius 3 is 1.45 bits per heavy atom. The SMILES string of the molecule is CC(C)(C)c1ccnc(-n2c3[c-]c(Oc4[c-]c(-n5[c-][n+](-c6c(-c7ccc8c(c7)C(C)(C)c7ccccc7C8(C)C)cccc6-c6ccc7c(c6)C(C)(C)c6ccccc6C7(C)C)c6ccccc65)ccc4)ccc3c3cc4c(cc32)c2ccccc2c2ccccc2c2cccc3c5ccccc5n4c23)c1.[Pt]. The molecule has 0 amide bonds. The minimum Gasteiger partial charge on any atom is -0.510 e. The summed E-state index contributed by atoms with van der Waals surface area (Å²) in [7, 11) is 0. The minimum absolute atomic E-state index is 0. The van der Waals surface area contributed by atoms with Gasteiger partial charge in [-0.3, -0.25) is 4.57 Å². The summed E-state index contributed by atoms with van der Waals surface area (Å²) >= 11 is 0. The molecule has 0 atom stereocenters. The number of hydrogen-bond acceptors (Lipinski definition) is 2. The van der Waals surface area contributed by atoms with Crippen LogP contribution in [0.15, 0.2) is 279 Å². The van der Waals surface area contributed by atoms with Crippen molar-refractivity contribution in [2.45, 2.75) is 103 Å². The van der Waals surface area contributed by atoms with Gasteiger partial charge in [0.25, 0.3) is 6.33 Å². The molecule has 2 aliphatic rings. The molecule has 0 fully saturated rings. The molecule has 107 heavy (non-hydrogen) atoms. The van der Waals surface area contributed by atoms with E-state index in [9.17, 15) is 0 Å². The number of pyridine rings is 1. The topological polar surface area (TPSA) is 40.3 Å². The summed E-state index contributed by atoms with van der Waals surface area (Å²) < 4.78 is 16.4. The molecule has 522 valence electrons. The van der Waals surface area contributed by atoms with Crippen molar-refractivity contribution in [2.24, 2.45) is 0 Å². The van der Waals surface area contributed by atoms with E-state index in [1.165, 1.54) is 87.9 Å². The molecule has 13 aromatic carbocycles. The molecule has 7 heteroatoms. The first kappa shape index (κ1) is 66.3. The average Bonchev–Trinajstić information content (AvgIpc) is 1.70. The third-order valence-electron chi connectivity index (χ3n) is 24.2. The van der Waals surface area contributed by atoms with Crippen LogP contribution in [-0.2, 0) is 48.1 Å². The predicted octanol–water partition coefficient (Wildman–Crippen LogP) is 24.7. The first-order chi connectivity index (χ1) is 51.2. The van der Waals surface area contributed by atoms with Crippen LogP contribution in [0.1, 0.15) is 126 Å². The Morgan fingerprint density at radius 1 is 0.374 bits per heavy atom. The number of hydrogen-bond donors (Lipinski definition) is 0. The Labute approximate surface area is 638 Å². The second-order valence-electron chi connectivity index (χ2n) is 32.7. The summed E-state index contributed by atoms with van der Waals surface area (Å²) in [5.74, 6) is 1.90. The first-order valence-electron chi connectivity index (χ1n) is 37.3. The largest absolute Gasteiger partial charge is 0.510 e. The molecule has 0 spiro atoms. The second-order valence-corrected chi connectivity index (χ2v) is 32.7. The van der Waals surface area contributed by atoms with E-state index in [1.807, 2.05) is 12.3 Å². The van der Waals surface area contributed by atoms with Crippen LogP contribution < -0.4 is 9.30 Å². The van der Waals surface area contributed by atoms with E-state index in [0.29, 0.717) is 11.5 Å². The summed E-state index contributed by atoms with van der Waals surface area (Å²) in [6.07, 6.45) is 5.97. The molecule has 0 radical (unpaired) electrons. The van der Waals surface area contributed by atoms with Crippen LogP contribution in [0.5, 0.6) is 11.5 Å². The number of benzene rings is 13. The molecular formula is C100H79N5OPt-2. The monoisotopic (exact) mass is 1560 g/mol. The number of imidazole rings is 1. The fraction of sp³-hybridized carbons (Fsp3) is 0.160. The molecule has 6 nitrogen and oxygen atoms in total. The van der Waals surface area contributed by atoms with Gasteiger partial charge in [0.1, 0.15) is 5.82 Å². The van der Waals surface area contributed by atoms with Crippen molar-refractivity contribution in [3.05, 3.63) is 348 Å². The third kappa shape index (κ3) is 9.80. The molecule has 18 aromatic rings. The van der Waals surface area contributed by atoms with E-state index in [4.69, 9.17) is 9.72 Å². The predicted molar refractivity (Wildman–Crippen MR) is 438 cm³/mol. The fourth-order valence-electron chi connectivity index (χ4n) is 18.7. The van der Waals surface area contributed by atoms with E-state index >= 15 is 0 Å². The molecule has 0 saturated heterocycles. The van der Waals surface area contributed by atoms with Gasteiger partial charge < -0.3 is 18.3 Å². The standard InChI is InChI=1S/C100H79N5O.Pt/c1-96(2,3)63-51-52-101-93(55-63)104-90-57-66(47-48-74(90)78-59-92-77(58-91(78)104)72-32-15-13-30-70(72)69-29-12-14-31-71(69)75-36-26-37-76-73-33-16-21-42-87(73)105(92)95(75)76)106-65-28-24-27-64(56-65)102-60-103(89-44-23-22-43-88(89)102)94-67(61-45-49-83-85(53-61)99(8,9)81-40-19-17-38-79(81)97(83,4)5)34-25-35-68(94)62-46-50-84-86(54-62)100(10,11)82-41-20-18-39-80(82)98(84,6)7;/h12-55,58-59H,1-11H3;/q-2;. The van der Waals surface area contributed by atoms with Gasteiger partial charge in [0.05, 0.1) is 33.3 Å². The van der Waals surface area contributed by atoms with E-state index in [-0.39, 0.29) is 48.1 Å². The van der Waals surface area contributed by atoms with Crippen molar-refractivity contribution < 1.29 is 30.4 Å². The van der Waals surface area contributed by atoms with Gasteiger partial charge in [-0.15, -0.1) is 29.7 Å². The summed E-state index contributed by atoms with van der Waals surface area (Å²) in [5, 5.41) is 11.6. The quantitative estimate of drug-likeness (QED) is 0.118. The molecule has 0 aliphatic heterocycles. The van der Waals surface area contributed by atoms with Crippen molar-refractivity contribution in [3.8, 4) is 50.9 Å². The van der Waals surface area contributed by atoms with Crippen LogP contribution in [0.2, 0.25) is 0 Å². The molecule has 2 aliphatic carbocycles. The molecule has 0 bridgehead atoms. The molecule has 0 unspecified atom stereocenters. The van der Waals surface area contributed by atoms with Crippen molar-refractivity contribution in [1.82, 2.24) is 18.5 Å². The van der Waals surface area contributed by atoms with E-state index in [2.05, 4.69) is 380 Å². The summed E-state index contributed by atoms with van der Waals surface area (Å²) in [6.45, 7) is 25.9. The van der Waals surface area contributed by atoms with E-state index in [1.54, 1.807) is 0 Å². The normalized spacial score (nSPS) is 14.7. The van der Waals surface area contributed by atoms with Gasteiger partial charge in [-0.05, 0) is 141 Å². The summed E-state index contributed by atoms with van der Waals surface area (Å²) in [6, 6.07) is 109. The van der Waals surface area contributed by atoms with Crippen LogP contribution in [0.3, 0.4) is 0 Å². The van der Waals surface area contributed by atoms with Crippen LogP contribution >= 0.6 is 0 Å². The van der Waals surface area contributed by atoms with Gasteiger partial charge in [0, 0.05) is 87.5 Å². The maximum absolute atomic E-state index is 7.13. The number of fused-ring (bicyclic) bond motifs is 18. The fourth-order valence-corrected chi connectivity index (χ4v) is 18.7. The molecule has 5 aromatic heterocycles. The molecule has 20 rings (SSSR count). The Bertz CT molecular complexity index is 6730. The van der Waals surface area contributed by atoms with Gasteiger partial charge in [0.15, 0.2) is 0 Å². The number of para-hydroxylation sites is 5. The van der Waals surface area contributed by atoms with Crippen LogP contribution in [-0.4, -0.2) is 18.5 Å². The van der Waals surface area contributed by atoms with Gasteiger partial charge in [-0.1, -0.05) is 294 Å². The van der Waals surface area contributed by atoms with Crippen LogP contribution in [0, 0.1) is 18.5 Å². The maximum atomic E-state index is 7.13. The zero-order valence-electron chi connectivity index (χ0n) is 62.0. The molecule has 5 heterocycles. The first-order valence-corrected chi connectivity index (χ1v) is 37.3. The zero-order valence-corrected chi connectivity index (χ0v) is 64.3. The van der Waals surface area contributed by atoms with Gasteiger partial charge in [0.2, 0.25) is 0 Å². The Kier molecular flexibility index (Phi) is 14.7. The van der Waals surface area contributed by atoms with Crippen LogP contribution in [0.4, 0.5) is 0 Å². The van der Waals surface area contributed by atoms with E-state index < -0.39 is 0 Å². The van der Waals surface area contributed by atoms with Gasteiger partial charge in [-0.2, -0.15) is 18.2 Å². The number of ether oxygens (including phenoxy) is 1. The zero-order chi connectivity index (χ0) is 72.1. The van der Waals surface area contributed by atoms with E-state index in [0.717, 1.165) is 94.1 Å². The number of nitrogens with zero attached hydrogens (tertiary/aromatic N) is 5. The molecule has 0 saturated carbocycles. The molecule has 0 N–H and O–H groups in total. The summed E-state index contributed by atoms with van der Waals surface area (Å²) in [5.41, 5.74) is 24.7. The van der Waals surface area contributed by atoms with Gasteiger partial charge in [-0.25, -0.2) is 4.98 Å². The van der Waals surface area contributed by atoms with Crippen molar-refractivity contribution >= 4 is 92.5 Å². The maximum Gasteiger partial charge on any atom is 0.268 e. The number of rotatable bonds is 7. The Balaban J connectivity index is 0.00000781. The van der Waals surface area contributed by atoms with Crippen molar-refractivity contribution in [2.75, 3.05) is 0 Å². The minimum atomic E-state index is -0.251. The Hall–Kier alpha value is -11.4. The third-order valence-corrected chi connectivity index (χ3v) is 24.2. The van der Waals surface area contributed by atoms with Gasteiger partial charge >= 0.3 is 0 Å². The summed E-state index contributed by atoms with van der Waals surface area (Å²) in [4.78, 5) is 5.23. The second kappa shape index (κ2) is 23.8. The van der Waals surface area contributed by atoms with Crippen molar-refractivity contribution in [1.29, 1.82) is 0 Å². The molecular weight excluding hydrogens is 1480 g/mol. The smallest absolute Gasteiger partial charge is 0.268 e. The average molecular weight is 1560 g/mol. The Morgan fingerprint density at radius 2 is 0.841 bits per heavy atom. The van der Waals surface area contributed by atoms with Crippen molar-refractivity contribution in [3.63, 3.8) is 0 Å². The number of aromatic nitrogens is 5. The van der Waals surface area contributed by atoms with Crippen LogP contribution in [0.25, 0.3) is 132 Å².